The summed E-state index contributed by atoms with van der Waals surface area (Å²) in [5.41, 5.74) is 0.0769. The summed E-state index contributed by atoms with van der Waals surface area (Å²) in [6.45, 7) is -0.617. The smallest absolute Gasteiger partial charge is 0.197 e. The largest absolute Gasteiger partial charge is 0.508 e. The van der Waals surface area contributed by atoms with E-state index in [-0.39, 0.29) is 28.0 Å². The standard InChI is InChI=1S/C21H20O9/c22-8-15-18(26)19(27)20(28)21(30-15)11-5-6-13-16(17(11)25)12(24)7-14(29-13)9-1-3-10(23)4-2-9/h1-7,15,18-23,25-28H,8H2. The molecule has 0 bridgehead atoms. The number of hydrogen-bond donors (Lipinski definition) is 6. The van der Waals surface area contributed by atoms with Crippen LogP contribution in [0.4, 0.5) is 0 Å². The fraction of sp³-hybridized carbons (Fsp3) is 0.286. The SMILES string of the molecule is O=c1cc(-c2ccc(O)cc2)oc2ccc(C3OC(CO)C(O)C(O)C3O)c(O)c12. The highest BCUT2D eigenvalue weighted by atomic mass is 16.5. The minimum atomic E-state index is -1.62. The summed E-state index contributed by atoms with van der Waals surface area (Å²) >= 11 is 0. The van der Waals surface area contributed by atoms with Crippen LogP contribution in [-0.4, -0.2) is 61.7 Å². The molecule has 5 unspecified atom stereocenters. The number of fused-ring (bicyclic) bond motifs is 1. The van der Waals surface area contributed by atoms with Gasteiger partial charge in [0, 0.05) is 17.2 Å². The van der Waals surface area contributed by atoms with Gasteiger partial charge in [-0.3, -0.25) is 4.79 Å². The molecule has 0 amide bonds. The van der Waals surface area contributed by atoms with Crippen molar-refractivity contribution in [3.63, 3.8) is 0 Å². The molecule has 0 radical (unpaired) electrons. The van der Waals surface area contributed by atoms with Crippen molar-refractivity contribution in [2.45, 2.75) is 30.5 Å². The van der Waals surface area contributed by atoms with Crippen LogP contribution < -0.4 is 5.43 Å². The van der Waals surface area contributed by atoms with Crippen molar-refractivity contribution in [2.75, 3.05) is 6.61 Å². The van der Waals surface area contributed by atoms with Gasteiger partial charge in [0.1, 0.15) is 58.7 Å². The van der Waals surface area contributed by atoms with Gasteiger partial charge in [0.25, 0.3) is 0 Å². The van der Waals surface area contributed by atoms with E-state index in [4.69, 9.17) is 9.15 Å². The minimum Gasteiger partial charge on any atom is -0.508 e. The third-order valence-corrected chi connectivity index (χ3v) is 5.25. The number of aromatic hydroxyl groups is 2. The number of benzene rings is 2. The molecule has 2 heterocycles. The molecule has 9 heteroatoms. The zero-order valence-electron chi connectivity index (χ0n) is 15.5. The maximum atomic E-state index is 12.7. The number of phenols is 2. The molecule has 0 saturated carbocycles. The molecule has 5 atom stereocenters. The normalized spacial score (nSPS) is 26.7. The quantitative estimate of drug-likeness (QED) is 0.355. The van der Waals surface area contributed by atoms with Crippen molar-refractivity contribution in [3.8, 4) is 22.8 Å². The maximum Gasteiger partial charge on any atom is 0.197 e. The molecular weight excluding hydrogens is 396 g/mol. The number of hydrogen-bond acceptors (Lipinski definition) is 9. The molecule has 1 aliphatic heterocycles. The third-order valence-electron chi connectivity index (χ3n) is 5.25. The Morgan fingerprint density at radius 3 is 2.27 bits per heavy atom. The van der Waals surface area contributed by atoms with E-state index in [1.165, 1.54) is 30.3 Å². The Balaban J connectivity index is 1.79. The van der Waals surface area contributed by atoms with Gasteiger partial charge in [-0.05, 0) is 36.4 Å². The van der Waals surface area contributed by atoms with E-state index in [1.54, 1.807) is 12.1 Å². The molecule has 158 valence electrons. The van der Waals surface area contributed by atoms with Gasteiger partial charge in [0.2, 0.25) is 0 Å². The monoisotopic (exact) mass is 416 g/mol. The van der Waals surface area contributed by atoms with Gasteiger partial charge < -0.3 is 39.8 Å². The number of ether oxygens (including phenoxy) is 1. The topological polar surface area (TPSA) is 161 Å². The second-order valence-corrected chi connectivity index (χ2v) is 7.15. The molecule has 0 aliphatic carbocycles. The fourth-order valence-electron chi connectivity index (χ4n) is 3.61. The Kier molecular flexibility index (Phi) is 5.22. The second-order valence-electron chi connectivity index (χ2n) is 7.15. The number of aliphatic hydroxyl groups excluding tert-OH is 4. The van der Waals surface area contributed by atoms with Crippen LogP contribution in [0.3, 0.4) is 0 Å². The first-order valence-corrected chi connectivity index (χ1v) is 9.21. The van der Waals surface area contributed by atoms with Crippen LogP contribution in [0.5, 0.6) is 11.5 Å². The summed E-state index contributed by atoms with van der Waals surface area (Å²) in [6.07, 6.45) is -7.21. The average Bonchev–Trinajstić information content (AvgIpc) is 2.73. The van der Waals surface area contributed by atoms with Crippen LogP contribution >= 0.6 is 0 Å². The number of phenolic OH excluding ortho intramolecular Hbond substituents is 2. The van der Waals surface area contributed by atoms with Crippen molar-refractivity contribution < 1.29 is 39.8 Å². The van der Waals surface area contributed by atoms with Gasteiger partial charge >= 0.3 is 0 Å². The van der Waals surface area contributed by atoms with Crippen molar-refractivity contribution in [2.24, 2.45) is 0 Å². The van der Waals surface area contributed by atoms with E-state index in [1.807, 2.05) is 0 Å². The Labute approximate surface area is 169 Å². The van der Waals surface area contributed by atoms with E-state index >= 15 is 0 Å². The molecule has 4 rings (SSSR count). The summed E-state index contributed by atoms with van der Waals surface area (Å²) < 4.78 is 11.2. The van der Waals surface area contributed by atoms with Gasteiger partial charge in [0.15, 0.2) is 5.43 Å². The van der Waals surface area contributed by atoms with Gasteiger partial charge in [-0.2, -0.15) is 0 Å². The highest BCUT2D eigenvalue weighted by Crippen LogP contribution is 2.39. The summed E-state index contributed by atoms with van der Waals surface area (Å²) in [4.78, 5) is 12.7. The van der Waals surface area contributed by atoms with Crippen LogP contribution in [0.2, 0.25) is 0 Å². The zero-order valence-corrected chi connectivity index (χ0v) is 15.5. The van der Waals surface area contributed by atoms with Crippen molar-refractivity contribution >= 4 is 11.0 Å². The van der Waals surface area contributed by atoms with E-state index < -0.39 is 48.3 Å². The predicted octanol–water partition coefficient (Wildman–Crippen LogP) is 0.386. The Morgan fingerprint density at radius 2 is 1.60 bits per heavy atom. The van der Waals surface area contributed by atoms with Crippen molar-refractivity contribution in [3.05, 3.63) is 58.3 Å². The Hall–Kier alpha value is -2.95. The number of aliphatic hydroxyl groups is 4. The van der Waals surface area contributed by atoms with Crippen molar-refractivity contribution in [1.82, 2.24) is 0 Å². The van der Waals surface area contributed by atoms with Crippen LogP contribution in [0.1, 0.15) is 11.7 Å². The zero-order chi connectivity index (χ0) is 21.6. The van der Waals surface area contributed by atoms with Crippen LogP contribution in [0, 0.1) is 0 Å². The maximum absolute atomic E-state index is 12.7. The Morgan fingerprint density at radius 1 is 0.900 bits per heavy atom. The molecule has 1 aromatic heterocycles. The molecule has 9 nitrogen and oxygen atoms in total. The summed E-state index contributed by atoms with van der Waals surface area (Å²) in [7, 11) is 0. The number of rotatable bonds is 3. The van der Waals surface area contributed by atoms with E-state index in [0.717, 1.165) is 0 Å². The molecule has 1 aliphatic rings. The van der Waals surface area contributed by atoms with Gasteiger partial charge in [-0.25, -0.2) is 0 Å². The highest BCUT2D eigenvalue weighted by molar-refractivity contribution is 5.86. The van der Waals surface area contributed by atoms with Crippen molar-refractivity contribution in [1.29, 1.82) is 0 Å². The minimum absolute atomic E-state index is 0.00378. The van der Waals surface area contributed by atoms with E-state index in [2.05, 4.69) is 0 Å². The molecular formula is C21H20O9. The molecule has 2 aromatic carbocycles. The molecule has 30 heavy (non-hydrogen) atoms. The molecule has 0 spiro atoms. The second kappa shape index (κ2) is 7.71. The first kappa shape index (κ1) is 20.3. The lowest BCUT2D eigenvalue weighted by Crippen LogP contribution is -2.55. The van der Waals surface area contributed by atoms with Crippen LogP contribution in [-0.2, 0) is 4.74 Å². The lowest BCUT2D eigenvalue weighted by molar-refractivity contribution is -0.232. The van der Waals surface area contributed by atoms with Gasteiger partial charge in [-0.15, -0.1) is 0 Å². The predicted molar refractivity (Wildman–Crippen MR) is 104 cm³/mol. The fourth-order valence-corrected chi connectivity index (χ4v) is 3.61. The lowest BCUT2D eigenvalue weighted by atomic mass is 9.90. The first-order chi connectivity index (χ1) is 14.3. The third kappa shape index (κ3) is 3.32. The van der Waals surface area contributed by atoms with E-state index in [9.17, 15) is 35.4 Å². The van der Waals surface area contributed by atoms with Gasteiger partial charge in [0.05, 0.1) is 6.61 Å². The highest BCUT2D eigenvalue weighted by Gasteiger charge is 2.45. The summed E-state index contributed by atoms with van der Waals surface area (Å²) in [5, 5.41) is 59.6. The average molecular weight is 416 g/mol. The molecule has 1 fully saturated rings. The first-order valence-electron chi connectivity index (χ1n) is 9.21. The lowest BCUT2D eigenvalue weighted by Gasteiger charge is -2.40. The summed E-state index contributed by atoms with van der Waals surface area (Å²) in [6, 6.07) is 10.00. The van der Waals surface area contributed by atoms with Crippen LogP contribution in [0.25, 0.3) is 22.3 Å². The molecule has 1 saturated heterocycles. The summed E-state index contributed by atoms with van der Waals surface area (Å²) in [5.74, 6) is -0.209. The van der Waals surface area contributed by atoms with Crippen LogP contribution in [0.15, 0.2) is 51.7 Å². The van der Waals surface area contributed by atoms with E-state index in [0.29, 0.717) is 5.56 Å². The Bertz CT molecular complexity index is 1120. The molecule has 6 N–H and O–H groups in total. The van der Waals surface area contributed by atoms with Gasteiger partial charge in [-0.1, -0.05) is 0 Å². The molecule has 3 aromatic rings.